The highest BCUT2D eigenvalue weighted by molar-refractivity contribution is 5.75. The average Bonchev–Trinajstić information content (AvgIpc) is 2.26. The van der Waals surface area contributed by atoms with Crippen LogP contribution >= 0.6 is 0 Å². The van der Waals surface area contributed by atoms with E-state index in [1.807, 2.05) is 6.92 Å². The van der Waals surface area contributed by atoms with Crippen LogP contribution in [0.5, 0.6) is 0 Å². The van der Waals surface area contributed by atoms with Gasteiger partial charge in [0.25, 0.3) is 0 Å². The van der Waals surface area contributed by atoms with Gasteiger partial charge in [0.2, 0.25) is 0 Å². The first-order valence-corrected chi connectivity index (χ1v) is 5.61. The van der Waals surface area contributed by atoms with Gasteiger partial charge in [0, 0.05) is 6.04 Å². The van der Waals surface area contributed by atoms with Gasteiger partial charge in [0.1, 0.15) is 6.04 Å². The number of hydrogen-bond acceptors (Lipinski definition) is 3. The number of hydrogen-bond donors (Lipinski definition) is 1. The first kappa shape index (κ1) is 11.5. The zero-order valence-corrected chi connectivity index (χ0v) is 9.21. The predicted octanol–water partition coefficient (Wildman–Crippen LogP) is 1.86. The van der Waals surface area contributed by atoms with Crippen molar-refractivity contribution < 1.29 is 9.53 Å². The monoisotopic (exact) mass is 199 g/mol. The van der Waals surface area contributed by atoms with E-state index in [4.69, 9.17) is 4.74 Å². The summed E-state index contributed by atoms with van der Waals surface area (Å²) in [5.74, 6) is -0.127. The van der Waals surface area contributed by atoms with E-state index in [0.29, 0.717) is 6.04 Å². The van der Waals surface area contributed by atoms with Crippen molar-refractivity contribution in [1.82, 2.24) is 5.32 Å². The van der Waals surface area contributed by atoms with Crippen molar-refractivity contribution in [2.75, 3.05) is 7.11 Å². The number of carbonyl (C=O) groups is 1. The van der Waals surface area contributed by atoms with Crippen LogP contribution in [0.4, 0.5) is 0 Å². The fraction of sp³-hybridized carbons (Fsp3) is 0.909. The van der Waals surface area contributed by atoms with Crippen LogP contribution in [-0.4, -0.2) is 25.2 Å². The molecule has 0 saturated heterocycles. The topological polar surface area (TPSA) is 38.3 Å². The lowest BCUT2D eigenvalue weighted by atomic mass is 9.94. The van der Waals surface area contributed by atoms with E-state index in [1.54, 1.807) is 0 Å². The second-order valence-electron chi connectivity index (χ2n) is 3.99. The molecular weight excluding hydrogens is 178 g/mol. The lowest BCUT2D eigenvalue weighted by Gasteiger charge is -2.26. The maximum absolute atomic E-state index is 11.3. The van der Waals surface area contributed by atoms with E-state index in [2.05, 4.69) is 5.32 Å². The van der Waals surface area contributed by atoms with Gasteiger partial charge in [-0.3, -0.25) is 4.79 Å². The lowest BCUT2D eigenvalue weighted by Crippen LogP contribution is -2.44. The van der Waals surface area contributed by atoms with Crippen LogP contribution in [0.2, 0.25) is 0 Å². The van der Waals surface area contributed by atoms with Crippen LogP contribution in [0.3, 0.4) is 0 Å². The maximum Gasteiger partial charge on any atom is 0.322 e. The molecule has 3 nitrogen and oxygen atoms in total. The normalized spacial score (nSPS) is 20.4. The molecule has 0 aliphatic heterocycles. The lowest BCUT2D eigenvalue weighted by molar-refractivity contribution is -0.143. The molecule has 1 aliphatic carbocycles. The van der Waals surface area contributed by atoms with E-state index >= 15 is 0 Å². The Morgan fingerprint density at radius 1 is 1.43 bits per heavy atom. The second kappa shape index (κ2) is 6.02. The molecule has 1 N–H and O–H groups in total. The van der Waals surface area contributed by atoms with Crippen molar-refractivity contribution in [2.24, 2.45) is 0 Å². The number of methoxy groups -OCH3 is 1. The summed E-state index contributed by atoms with van der Waals surface area (Å²) in [6, 6.07) is 0.413. The van der Waals surface area contributed by atoms with E-state index in [0.717, 1.165) is 6.42 Å². The Morgan fingerprint density at radius 3 is 2.57 bits per heavy atom. The molecule has 0 bridgehead atoms. The van der Waals surface area contributed by atoms with Crippen LogP contribution < -0.4 is 5.32 Å². The highest BCUT2D eigenvalue weighted by Crippen LogP contribution is 2.18. The van der Waals surface area contributed by atoms with E-state index in [-0.39, 0.29) is 12.0 Å². The fourth-order valence-corrected chi connectivity index (χ4v) is 2.05. The van der Waals surface area contributed by atoms with Gasteiger partial charge >= 0.3 is 5.97 Å². The van der Waals surface area contributed by atoms with Crippen LogP contribution in [0.25, 0.3) is 0 Å². The molecule has 1 aliphatic rings. The molecule has 1 saturated carbocycles. The molecule has 82 valence electrons. The first-order chi connectivity index (χ1) is 6.77. The van der Waals surface area contributed by atoms with Crippen molar-refractivity contribution in [3.05, 3.63) is 0 Å². The minimum atomic E-state index is -0.127. The van der Waals surface area contributed by atoms with Gasteiger partial charge in [-0.25, -0.2) is 0 Å². The van der Waals surface area contributed by atoms with Gasteiger partial charge in [0.05, 0.1) is 7.11 Å². The number of nitrogens with one attached hydrogen (secondary N) is 1. The third-order valence-corrected chi connectivity index (χ3v) is 2.94. The first-order valence-electron chi connectivity index (χ1n) is 5.61. The van der Waals surface area contributed by atoms with Crippen molar-refractivity contribution in [2.45, 2.75) is 57.5 Å². The summed E-state index contributed by atoms with van der Waals surface area (Å²) >= 11 is 0. The summed E-state index contributed by atoms with van der Waals surface area (Å²) in [7, 11) is 1.45. The second-order valence-corrected chi connectivity index (χ2v) is 3.99. The molecule has 1 unspecified atom stereocenters. The van der Waals surface area contributed by atoms with Crippen LogP contribution in [0.1, 0.15) is 45.4 Å². The molecule has 0 amide bonds. The Morgan fingerprint density at radius 2 is 2.07 bits per heavy atom. The zero-order valence-electron chi connectivity index (χ0n) is 9.21. The quantitative estimate of drug-likeness (QED) is 0.702. The zero-order chi connectivity index (χ0) is 10.4. The van der Waals surface area contributed by atoms with Crippen molar-refractivity contribution in [3.63, 3.8) is 0 Å². The highest BCUT2D eigenvalue weighted by Gasteiger charge is 2.21. The number of ether oxygens (including phenoxy) is 1. The summed E-state index contributed by atoms with van der Waals surface area (Å²) in [5.41, 5.74) is 0. The molecule has 1 atom stereocenters. The Hall–Kier alpha value is -0.570. The van der Waals surface area contributed by atoms with Crippen molar-refractivity contribution >= 4 is 5.97 Å². The number of rotatable bonds is 4. The molecule has 0 aromatic rings. The van der Waals surface area contributed by atoms with Gasteiger partial charge in [-0.05, 0) is 19.3 Å². The largest absolute Gasteiger partial charge is 0.468 e. The molecule has 3 heteroatoms. The van der Waals surface area contributed by atoms with Gasteiger partial charge in [-0.1, -0.05) is 26.2 Å². The van der Waals surface area contributed by atoms with Crippen molar-refractivity contribution in [3.8, 4) is 0 Å². The predicted molar refractivity (Wildman–Crippen MR) is 56.1 cm³/mol. The molecule has 0 radical (unpaired) electrons. The SMILES string of the molecule is CCC(NC1CCCCC1)C(=O)OC. The molecule has 0 spiro atoms. The van der Waals surface area contributed by atoms with E-state index < -0.39 is 0 Å². The maximum atomic E-state index is 11.3. The molecule has 0 aromatic carbocycles. The third-order valence-electron chi connectivity index (χ3n) is 2.94. The average molecular weight is 199 g/mol. The summed E-state index contributed by atoms with van der Waals surface area (Å²) in [4.78, 5) is 11.3. The fourth-order valence-electron chi connectivity index (χ4n) is 2.05. The smallest absolute Gasteiger partial charge is 0.322 e. The van der Waals surface area contributed by atoms with Gasteiger partial charge in [0.15, 0.2) is 0 Å². The molecule has 1 fully saturated rings. The van der Waals surface area contributed by atoms with Crippen LogP contribution in [-0.2, 0) is 9.53 Å². The Kier molecular flexibility index (Phi) is 4.94. The van der Waals surface area contributed by atoms with E-state index in [9.17, 15) is 4.79 Å². The van der Waals surface area contributed by atoms with Crippen molar-refractivity contribution in [1.29, 1.82) is 0 Å². The van der Waals surface area contributed by atoms with Crippen LogP contribution in [0, 0.1) is 0 Å². The molecule has 0 heterocycles. The highest BCUT2D eigenvalue weighted by atomic mass is 16.5. The standard InChI is InChI=1S/C11H21NO2/c1-3-10(11(13)14-2)12-9-7-5-4-6-8-9/h9-10,12H,3-8H2,1-2H3. The third kappa shape index (κ3) is 3.29. The van der Waals surface area contributed by atoms with Crippen LogP contribution in [0.15, 0.2) is 0 Å². The Labute approximate surface area is 86.2 Å². The summed E-state index contributed by atoms with van der Waals surface area (Å²) in [5, 5.41) is 3.38. The minimum Gasteiger partial charge on any atom is -0.468 e. The summed E-state index contributed by atoms with van der Waals surface area (Å²) in [6.07, 6.45) is 7.13. The summed E-state index contributed by atoms with van der Waals surface area (Å²) < 4.78 is 4.74. The molecular formula is C11H21NO2. The van der Waals surface area contributed by atoms with Gasteiger partial charge in [-0.15, -0.1) is 0 Å². The Balaban J connectivity index is 2.34. The molecule has 14 heavy (non-hydrogen) atoms. The number of carbonyl (C=O) groups excluding carboxylic acids is 1. The van der Waals surface area contributed by atoms with E-state index in [1.165, 1.54) is 39.2 Å². The minimum absolute atomic E-state index is 0.108. The molecule has 0 aromatic heterocycles. The van der Waals surface area contributed by atoms with Gasteiger partial charge < -0.3 is 10.1 Å². The number of esters is 1. The van der Waals surface area contributed by atoms with Gasteiger partial charge in [-0.2, -0.15) is 0 Å². The Bertz CT molecular complexity index is 176. The molecule has 1 rings (SSSR count). The summed E-state index contributed by atoms with van der Waals surface area (Å²) in [6.45, 7) is 2.01.